The van der Waals surface area contributed by atoms with Crippen LogP contribution in [-0.4, -0.2) is 59.6 Å². The molecule has 0 radical (unpaired) electrons. The predicted molar refractivity (Wildman–Crippen MR) is 104 cm³/mol. The number of ether oxygens (including phenoxy) is 1. The van der Waals surface area contributed by atoms with E-state index < -0.39 is 4.92 Å². The van der Waals surface area contributed by atoms with E-state index in [1.165, 1.54) is 7.11 Å². The zero-order chi connectivity index (χ0) is 19.4. The molecule has 0 bridgehead atoms. The molecule has 0 aliphatic carbocycles. The van der Waals surface area contributed by atoms with E-state index in [9.17, 15) is 10.1 Å². The van der Waals surface area contributed by atoms with Crippen molar-refractivity contribution in [2.45, 2.75) is 6.92 Å². The molecule has 2 heterocycles. The van der Waals surface area contributed by atoms with Crippen LogP contribution in [0.25, 0.3) is 0 Å². The van der Waals surface area contributed by atoms with Crippen molar-refractivity contribution in [1.29, 1.82) is 0 Å². The van der Waals surface area contributed by atoms with E-state index in [0.717, 1.165) is 32.7 Å². The van der Waals surface area contributed by atoms with Gasteiger partial charge in [-0.25, -0.2) is 0 Å². The van der Waals surface area contributed by atoms with Gasteiger partial charge < -0.3 is 25.6 Å². The maximum atomic E-state index is 11.5. The number of likely N-dealkylation sites (N-methyl/N-ethyl adjacent to an activating group) is 1. The number of hydrogen-bond acceptors (Lipinski definition) is 9. The molecule has 144 valence electrons. The van der Waals surface area contributed by atoms with Crippen LogP contribution in [0.2, 0.25) is 0 Å². The topological polar surface area (TPSA) is 123 Å². The van der Waals surface area contributed by atoms with E-state index in [-0.39, 0.29) is 17.3 Å². The second-order valence-corrected chi connectivity index (χ2v) is 6.11. The normalized spacial score (nSPS) is 14.8. The van der Waals surface area contributed by atoms with Gasteiger partial charge in [0, 0.05) is 26.2 Å². The van der Waals surface area contributed by atoms with Crippen molar-refractivity contribution in [2.75, 3.05) is 55.8 Å². The van der Waals surface area contributed by atoms with Crippen molar-refractivity contribution in [3.8, 4) is 5.75 Å². The zero-order valence-electron chi connectivity index (χ0n) is 15.4. The quantitative estimate of drug-likeness (QED) is 0.577. The summed E-state index contributed by atoms with van der Waals surface area (Å²) >= 11 is 0. The van der Waals surface area contributed by atoms with Crippen LogP contribution >= 0.6 is 0 Å². The minimum absolute atomic E-state index is 0.0462. The minimum Gasteiger partial charge on any atom is -0.495 e. The van der Waals surface area contributed by atoms with Crippen LogP contribution in [0.1, 0.15) is 6.92 Å². The maximum Gasteiger partial charge on any atom is 0.353 e. The van der Waals surface area contributed by atoms with Gasteiger partial charge in [-0.1, -0.05) is 19.1 Å². The van der Waals surface area contributed by atoms with Crippen molar-refractivity contribution >= 4 is 29.0 Å². The second-order valence-electron chi connectivity index (χ2n) is 6.11. The number of rotatable bonds is 6. The average molecular weight is 373 g/mol. The summed E-state index contributed by atoms with van der Waals surface area (Å²) in [6, 6.07) is 7.11. The molecule has 1 fully saturated rings. The van der Waals surface area contributed by atoms with Crippen molar-refractivity contribution in [1.82, 2.24) is 14.9 Å². The molecule has 1 aliphatic rings. The molecule has 3 rings (SSSR count). The van der Waals surface area contributed by atoms with E-state index in [1.54, 1.807) is 18.2 Å². The molecule has 2 aromatic rings. The molecule has 1 saturated heterocycles. The number of nitrogens with two attached hydrogens (primary N) is 1. The van der Waals surface area contributed by atoms with Gasteiger partial charge in [0.15, 0.2) is 0 Å². The Bertz CT molecular complexity index is 822. The summed E-state index contributed by atoms with van der Waals surface area (Å²) in [6.07, 6.45) is 0. The van der Waals surface area contributed by atoms with Gasteiger partial charge in [0.1, 0.15) is 5.75 Å². The number of benzene rings is 1. The monoisotopic (exact) mass is 373 g/mol. The maximum absolute atomic E-state index is 11.5. The number of piperazine rings is 1. The number of methoxy groups -OCH3 is 1. The number of nitrogen functional groups attached to an aromatic ring is 1. The predicted octanol–water partition coefficient (Wildman–Crippen LogP) is 1.86. The van der Waals surface area contributed by atoms with E-state index in [4.69, 9.17) is 10.5 Å². The van der Waals surface area contributed by atoms with Gasteiger partial charge in [0.05, 0.1) is 17.7 Å². The fraction of sp³-hybridized carbons (Fsp3) is 0.412. The molecule has 3 N–H and O–H groups in total. The van der Waals surface area contributed by atoms with Crippen LogP contribution in [0.5, 0.6) is 5.75 Å². The fourth-order valence-electron chi connectivity index (χ4n) is 3.01. The van der Waals surface area contributed by atoms with Crippen molar-refractivity contribution < 1.29 is 9.66 Å². The Morgan fingerprint density at radius 3 is 2.59 bits per heavy atom. The summed E-state index contributed by atoms with van der Waals surface area (Å²) in [5, 5.41) is 14.5. The molecular weight excluding hydrogens is 350 g/mol. The van der Waals surface area contributed by atoms with Crippen LogP contribution in [0.4, 0.5) is 29.0 Å². The third-order valence-corrected chi connectivity index (χ3v) is 4.54. The summed E-state index contributed by atoms with van der Waals surface area (Å²) in [5.74, 6) is 0.804. The number of aromatic nitrogens is 2. The Labute approximate surface area is 157 Å². The summed E-state index contributed by atoms with van der Waals surface area (Å²) < 4.78 is 5.30. The molecule has 0 spiro atoms. The standard InChI is InChI=1S/C17H23N7O3/c1-3-22-8-10-23(11-9-22)17-20-15(18)14(24(25)26)16(21-17)19-12-6-4-5-7-13(12)27-2/h4-7H,3,8-11H2,1-2H3,(H3,18,19,20,21). The van der Waals surface area contributed by atoms with Crippen molar-refractivity contribution in [3.63, 3.8) is 0 Å². The van der Waals surface area contributed by atoms with E-state index in [1.807, 2.05) is 11.0 Å². The van der Waals surface area contributed by atoms with Crippen molar-refractivity contribution in [2.24, 2.45) is 0 Å². The Balaban J connectivity index is 1.96. The highest BCUT2D eigenvalue weighted by atomic mass is 16.6. The molecule has 1 aromatic carbocycles. The Hall–Kier alpha value is -3.14. The smallest absolute Gasteiger partial charge is 0.353 e. The second kappa shape index (κ2) is 8.04. The molecule has 1 aromatic heterocycles. The molecule has 10 heteroatoms. The van der Waals surface area contributed by atoms with Gasteiger partial charge in [0.25, 0.3) is 0 Å². The van der Waals surface area contributed by atoms with Crippen LogP contribution in [0.3, 0.4) is 0 Å². The van der Waals surface area contributed by atoms with E-state index in [2.05, 4.69) is 27.1 Å². The lowest BCUT2D eigenvalue weighted by atomic mass is 10.3. The molecule has 0 atom stereocenters. The van der Waals surface area contributed by atoms with Crippen LogP contribution < -0.4 is 20.7 Å². The summed E-state index contributed by atoms with van der Waals surface area (Å²) in [6.45, 7) is 6.33. The first kappa shape index (κ1) is 18.6. The van der Waals surface area contributed by atoms with Crippen LogP contribution in [-0.2, 0) is 0 Å². The first-order valence-electron chi connectivity index (χ1n) is 8.72. The fourth-order valence-corrected chi connectivity index (χ4v) is 3.01. The van der Waals surface area contributed by atoms with E-state index >= 15 is 0 Å². The number of nitrogens with one attached hydrogen (secondary N) is 1. The van der Waals surface area contributed by atoms with E-state index in [0.29, 0.717) is 17.4 Å². The molecule has 0 unspecified atom stereocenters. The lowest BCUT2D eigenvalue weighted by Gasteiger charge is -2.34. The lowest BCUT2D eigenvalue weighted by molar-refractivity contribution is -0.383. The zero-order valence-corrected chi connectivity index (χ0v) is 15.4. The molecule has 1 aliphatic heterocycles. The molecular formula is C17H23N7O3. The van der Waals surface area contributed by atoms with Gasteiger partial charge in [-0.3, -0.25) is 10.1 Å². The summed E-state index contributed by atoms with van der Waals surface area (Å²) in [4.78, 5) is 23.8. The lowest BCUT2D eigenvalue weighted by Crippen LogP contribution is -2.46. The Morgan fingerprint density at radius 1 is 1.26 bits per heavy atom. The van der Waals surface area contributed by atoms with Crippen LogP contribution in [0, 0.1) is 10.1 Å². The number of para-hydroxylation sites is 2. The highest BCUT2D eigenvalue weighted by molar-refractivity contribution is 5.76. The number of hydrogen-bond donors (Lipinski definition) is 2. The van der Waals surface area contributed by atoms with Gasteiger partial charge in [-0.15, -0.1) is 0 Å². The third kappa shape index (κ3) is 4.00. The SMILES string of the molecule is CCN1CCN(c2nc(N)c([N+](=O)[O-])c(Nc3ccccc3OC)n2)CC1. The average Bonchev–Trinajstić information content (AvgIpc) is 2.67. The molecule has 10 nitrogen and oxygen atoms in total. The van der Waals surface area contributed by atoms with Gasteiger partial charge in [0.2, 0.25) is 17.6 Å². The Morgan fingerprint density at radius 2 is 1.96 bits per heavy atom. The number of nitro groups is 1. The summed E-state index contributed by atoms with van der Waals surface area (Å²) in [7, 11) is 1.53. The highest BCUT2D eigenvalue weighted by Gasteiger charge is 2.27. The first-order valence-corrected chi connectivity index (χ1v) is 8.72. The highest BCUT2D eigenvalue weighted by Crippen LogP contribution is 2.35. The van der Waals surface area contributed by atoms with Gasteiger partial charge >= 0.3 is 5.69 Å². The first-order chi connectivity index (χ1) is 13.0. The van der Waals surface area contributed by atoms with Gasteiger partial charge in [-0.05, 0) is 18.7 Å². The molecule has 0 amide bonds. The minimum atomic E-state index is -0.577. The number of nitrogens with zero attached hydrogens (tertiary/aromatic N) is 5. The van der Waals surface area contributed by atoms with Crippen molar-refractivity contribution in [3.05, 3.63) is 34.4 Å². The van der Waals surface area contributed by atoms with Crippen LogP contribution in [0.15, 0.2) is 24.3 Å². The van der Waals surface area contributed by atoms with Gasteiger partial charge in [-0.2, -0.15) is 9.97 Å². The molecule has 27 heavy (non-hydrogen) atoms. The third-order valence-electron chi connectivity index (χ3n) is 4.54. The Kier molecular flexibility index (Phi) is 5.55. The molecule has 0 saturated carbocycles. The largest absolute Gasteiger partial charge is 0.495 e. The summed E-state index contributed by atoms with van der Waals surface area (Å²) in [5.41, 5.74) is 6.11. The number of anilines is 4.